The molecule has 120 valence electrons. The van der Waals surface area contributed by atoms with Crippen LogP contribution < -0.4 is 19.1 Å². The van der Waals surface area contributed by atoms with Crippen molar-refractivity contribution < 1.29 is 19.0 Å². The summed E-state index contributed by atoms with van der Waals surface area (Å²) < 4.78 is 16.1. The van der Waals surface area contributed by atoms with Crippen molar-refractivity contribution in [3.63, 3.8) is 0 Å². The van der Waals surface area contributed by atoms with Gasteiger partial charge in [-0.25, -0.2) is 0 Å². The van der Waals surface area contributed by atoms with Gasteiger partial charge in [-0.1, -0.05) is 11.6 Å². The molecule has 0 bridgehead atoms. The first-order chi connectivity index (χ1) is 11.1. The fourth-order valence-electron chi connectivity index (χ4n) is 2.52. The molecule has 0 N–H and O–H groups in total. The topological polar surface area (TPSA) is 48.0 Å². The van der Waals surface area contributed by atoms with Crippen LogP contribution in [-0.2, 0) is 11.3 Å². The van der Waals surface area contributed by atoms with E-state index in [1.807, 2.05) is 24.3 Å². The number of carbonyl (C=O) groups is 1. The molecule has 5 nitrogen and oxygen atoms in total. The molecule has 0 fully saturated rings. The van der Waals surface area contributed by atoms with E-state index in [2.05, 4.69) is 0 Å². The predicted molar refractivity (Wildman–Crippen MR) is 87.7 cm³/mol. The van der Waals surface area contributed by atoms with Crippen molar-refractivity contribution in [2.45, 2.75) is 6.54 Å². The molecule has 0 aromatic heterocycles. The smallest absolute Gasteiger partial charge is 0.265 e. The third kappa shape index (κ3) is 3.05. The summed E-state index contributed by atoms with van der Waals surface area (Å²) in [6.07, 6.45) is 0. The second kappa shape index (κ2) is 6.38. The van der Waals surface area contributed by atoms with Crippen LogP contribution in [0.2, 0.25) is 5.02 Å². The van der Waals surface area contributed by atoms with Gasteiger partial charge in [-0.05, 0) is 30.3 Å². The molecular weight excluding hydrogens is 318 g/mol. The van der Waals surface area contributed by atoms with E-state index in [1.165, 1.54) is 0 Å². The monoisotopic (exact) mass is 333 g/mol. The zero-order valence-corrected chi connectivity index (χ0v) is 13.6. The van der Waals surface area contributed by atoms with Gasteiger partial charge in [0.05, 0.1) is 20.8 Å². The highest BCUT2D eigenvalue weighted by atomic mass is 35.5. The van der Waals surface area contributed by atoms with Crippen molar-refractivity contribution in [3.8, 4) is 17.2 Å². The number of hydrogen-bond acceptors (Lipinski definition) is 4. The number of anilines is 1. The Balaban J connectivity index is 1.99. The van der Waals surface area contributed by atoms with Crippen LogP contribution in [0.3, 0.4) is 0 Å². The summed E-state index contributed by atoms with van der Waals surface area (Å²) >= 11 is 6.13. The van der Waals surface area contributed by atoms with Crippen LogP contribution >= 0.6 is 11.6 Å². The van der Waals surface area contributed by atoms with Crippen LogP contribution in [-0.4, -0.2) is 26.7 Å². The van der Waals surface area contributed by atoms with Gasteiger partial charge in [0.25, 0.3) is 5.91 Å². The number of benzene rings is 2. The molecule has 3 rings (SSSR count). The van der Waals surface area contributed by atoms with Gasteiger partial charge in [-0.15, -0.1) is 0 Å². The van der Waals surface area contributed by atoms with Gasteiger partial charge >= 0.3 is 0 Å². The maximum Gasteiger partial charge on any atom is 0.265 e. The molecule has 0 radical (unpaired) electrons. The van der Waals surface area contributed by atoms with Crippen LogP contribution in [0.5, 0.6) is 17.2 Å². The molecule has 1 heterocycles. The van der Waals surface area contributed by atoms with E-state index in [0.29, 0.717) is 23.1 Å². The number of amides is 1. The molecule has 1 amide bonds. The SMILES string of the molecule is COc1ccc(N2Cc3cc(Cl)cc(OC)c3OCC2=O)cc1. The Bertz CT molecular complexity index is 730. The first-order valence-corrected chi connectivity index (χ1v) is 7.44. The second-order valence-corrected chi connectivity index (χ2v) is 5.50. The Morgan fingerprint density at radius 2 is 1.87 bits per heavy atom. The fourth-order valence-corrected chi connectivity index (χ4v) is 2.75. The summed E-state index contributed by atoms with van der Waals surface area (Å²) in [6.45, 7) is 0.300. The number of ether oxygens (including phenoxy) is 3. The van der Waals surface area contributed by atoms with Crippen molar-refractivity contribution in [1.29, 1.82) is 0 Å². The van der Waals surface area contributed by atoms with E-state index in [9.17, 15) is 4.79 Å². The van der Waals surface area contributed by atoms with Crippen LogP contribution in [0, 0.1) is 0 Å². The number of fused-ring (bicyclic) bond motifs is 1. The number of halogens is 1. The predicted octanol–water partition coefficient (Wildman–Crippen LogP) is 3.28. The Kier molecular flexibility index (Phi) is 4.30. The average Bonchev–Trinajstić information content (AvgIpc) is 2.73. The van der Waals surface area contributed by atoms with Crippen molar-refractivity contribution in [2.24, 2.45) is 0 Å². The van der Waals surface area contributed by atoms with E-state index in [1.54, 1.807) is 31.3 Å². The lowest BCUT2D eigenvalue weighted by Gasteiger charge is -2.20. The highest BCUT2D eigenvalue weighted by Gasteiger charge is 2.25. The molecular formula is C17H16ClNO4. The van der Waals surface area contributed by atoms with E-state index in [-0.39, 0.29) is 12.5 Å². The molecule has 0 unspecified atom stereocenters. The lowest BCUT2D eigenvalue weighted by Crippen LogP contribution is -2.32. The molecule has 0 aliphatic carbocycles. The summed E-state index contributed by atoms with van der Waals surface area (Å²) in [4.78, 5) is 14.1. The zero-order chi connectivity index (χ0) is 16.4. The van der Waals surface area contributed by atoms with E-state index >= 15 is 0 Å². The third-order valence-electron chi connectivity index (χ3n) is 3.67. The number of carbonyl (C=O) groups excluding carboxylic acids is 1. The molecule has 0 saturated carbocycles. The molecule has 0 saturated heterocycles. The van der Waals surface area contributed by atoms with Crippen LogP contribution in [0.4, 0.5) is 5.69 Å². The number of hydrogen-bond donors (Lipinski definition) is 0. The normalized spacial score (nSPS) is 13.9. The number of nitrogens with zero attached hydrogens (tertiary/aromatic N) is 1. The molecule has 2 aromatic carbocycles. The molecule has 23 heavy (non-hydrogen) atoms. The largest absolute Gasteiger partial charge is 0.497 e. The van der Waals surface area contributed by atoms with E-state index in [0.717, 1.165) is 17.0 Å². The van der Waals surface area contributed by atoms with Crippen molar-refractivity contribution in [2.75, 3.05) is 25.7 Å². The highest BCUT2D eigenvalue weighted by Crippen LogP contribution is 2.37. The van der Waals surface area contributed by atoms with Crippen LogP contribution in [0.1, 0.15) is 5.56 Å². The van der Waals surface area contributed by atoms with Gasteiger partial charge < -0.3 is 19.1 Å². The average molecular weight is 334 g/mol. The van der Waals surface area contributed by atoms with Gasteiger partial charge in [0.2, 0.25) is 0 Å². The van der Waals surface area contributed by atoms with Crippen molar-refractivity contribution >= 4 is 23.2 Å². The van der Waals surface area contributed by atoms with Gasteiger partial charge in [0.15, 0.2) is 18.1 Å². The quantitative estimate of drug-likeness (QED) is 0.865. The lowest BCUT2D eigenvalue weighted by molar-refractivity contribution is -0.120. The van der Waals surface area contributed by atoms with Gasteiger partial charge in [0, 0.05) is 22.3 Å². The second-order valence-electron chi connectivity index (χ2n) is 5.06. The summed E-state index contributed by atoms with van der Waals surface area (Å²) in [6, 6.07) is 10.8. The van der Waals surface area contributed by atoms with Crippen molar-refractivity contribution in [1.82, 2.24) is 0 Å². The summed E-state index contributed by atoms with van der Waals surface area (Å²) in [5, 5.41) is 0.535. The molecule has 0 spiro atoms. The Labute approximate surface area is 139 Å². The highest BCUT2D eigenvalue weighted by molar-refractivity contribution is 6.30. The maximum atomic E-state index is 12.4. The van der Waals surface area contributed by atoms with Crippen molar-refractivity contribution in [3.05, 3.63) is 47.0 Å². The first kappa shape index (κ1) is 15.5. The van der Waals surface area contributed by atoms with Gasteiger partial charge in [-0.2, -0.15) is 0 Å². The zero-order valence-electron chi connectivity index (χ0n) is 12.8. The Morgan fingerprint density at radius 3 is 2.52 bits per heavy atom. The van der Waals surface area contributed by atoms with E-state index in [4.69, 9.17) is 25.8 Å². The molecule has 2 aromatic rings. The number of methoxy groups -OCH3 is 2. The fraction of sp³-hybridized carbons (Fsp3) is 0.235. The Morgan fingerprint density at radius 1 is 1.13 bits per heavy atom. The maximum absolute atomic E-state index is 12.4. The van der Waals surface area contributed by atoms with Crippen LogP contribution in [0.15, 0.2) is 36.4 Å². The standard InChI is InChI=1S/C17H16ClNO4/c1-21-14-5-3-13(4-6-14)19-9-11-7-12(18)8-15(22-2)17(11)23-10-16(19)20/h3-8H,9-10H2,1-2H3. The minimum Gasteiger partial charge on any atom is -0.497 e. The summed E-state index contributed by atoms with van der Waals surface area (Å²) in [7, 11) is 3.15. The number of rotatable bonds is 3. The van der Waals surface area contributed by atoms with Gasteiger partial charge in [-0.3, -0.25) is 4.79 Å². The van der Waals surface area contributed by atoms with Crippen LogP contribution in [0.25, 0.3) is 0 Å². The molecule has 0 atom stereocenters. The molecule has 6 heteroatoms. The summed E-state index contributed by atoms with van der Waals surface area (Å²) in [5.74, 6) is 1.68. The van der Waals surface area contributed by atoms with E-state index < -0.39 is 0 Å². The van der Waals surface area contributed by atoms with Gasteiger partial charge in [0.1, 0.15) is 5.75 Å². The minimum atomic E-state index is -0.135. The minimum absolute atomic E-state index is 0.0585. The Hall–Kier alpha value is -2.40. The molecule has 1 aliphatic heterocycles. The lowest BCUT2D eigenvalue weighted by atomic mass is 10.1. The molecule has 1 aliphatic rings. The summed E-state index contributed by atoms with van der Waals surface area (Å²) in [5.41, 5.74) is 1.57. The first-order valence-electron chi connectivity index (χ1n) is 7.06. The third-order valence-corrected chi connectivity index (χ3v) is 3.89.